The minimum Gasteiger partial charge on any atom is -0.497 e. The molecule has 0 atom stereocenters. The largest absolute Gasteiger partial charge is 0.497 e. The summed E-state index contributed by atoms with van der Waals surface area (Å²) in [4.78, 5) is 16.3. The summed E-state index contributed by atoms with van der Waals surface area (Å²) in [6.07, 6.45) is 0.474. The first kappa shape index (κ1) is 14.0. The molecule has 2 aromatic carbocycles. The van der Waals surface area contributed by atoms with Gasteiger partial charge in [0.15, 0.2) is 5.82 Å². The van der Waals surface area contributed by atoms with E-state index in [0.29, 0.717) is 17.9 Å². The Morgan fingerprint density at radius 1 is 1.05 bits per heavy atom. The Balaban J connectivity index is 1.93. The van der Waals surface area contributed by atoms with E-state index in [1.54, 1.807) is 7.11 Å². The third-order valence-corrected chi connectivity index (χ3v) is 3.33. The molecule has 0 aliphatic heterocycles. The van der Waals surface area contributed by atoms with Gasteiger partial charge in [0, 0.05) is 12.0 Å². The minimum atomic E-state index is -0.263. The highest BCUT2D eigenvalue weighted by Crippen LogP contribution is 2.18. The molecule has 3 rings (SSSR count). The van der Waals surface area contributed by atoms with Crippen LogP contribution in [0.2, 0.25) is 0 Å². The Hall–Kier alpha value is -2.95. The van der Waals surface area contributed by atoms with E-state index < -0.39 is 0 Å². The third-order valence-electron chi connectivity index (χ3n) is 3.33. The molecule has 110 valence electrons. The molecular weight excluding hydrogens is 278 g/mol. The van der Waals surface area contributed by atoms with Gasteiger partial charge in [0.1, 0.15) is 11.4 Å². The van der Waals surface area contributed by atoms with Gasteiger partial charge in [-0.1, -0.05) is 30.3 Å². The standard InChI is InChI=1S/C17H15N3O2/c1-22-14-9-7-13(8-10-14)16-18-15(17(21)20-19-16)11-12-5-3-2-4-6-12/h2-10H,11H2,1H3,(H,20,21). The molecule has 0 amide bonds. The van der Waals surface area contributed by atoms with Crippen molar-refractivity contribution in [2.45, 2.75) is 6.42 Å². The van der Waals surface area contributed by atoms with Crippen LogP contribution in [-0.4, -0.2) is 22.3 Å². The van der Waals surface area contributed by atoms with E-state index in [0.717, 1.165) is 16.9 Å². The second-order valence-corrected chi connectivity index (χ2v) is 4.83. The predicted molar refractivity (Wildman–Crippen MR) is 83.9 cm³/mol. The van der Waals surface area contributed by atoms with Gasteiger partial charge in [0.2, 0.25) is 0 Å². The summed E-state index contributed by atoms with van der Waals surface area (Å²) >= 11 is 0. The monoisotopic (exact) mass is 293 g/mol. The lowest BCUT2D eigenvalue weighted by atomic mass is 10.1. The zero-order valence-corrected chi connectivity index (χ0v) is 12.1. The van der Waals surface area contributed by atoms with Gasteiger partial charge in [-0.15, -0.1) is 0 Å². The highest BCUT2D eigenvalue weighted by atomic mass is 16.5. The van der Waals surface area contributed by atoms with Crippen molar-refractivity contribution in [3.8, 4) is 17.1 Å². The quantitative estimate of drug-likeness (QED) is 0.802. The summed E-state index contributed by atoms with van der Waals surface area (Å²) in [5, 5.41) is 6.53. The average Bonchev–Trinajstić information content (AvgIpc) is 2.58. The topological polar surface area (TPSA) is 67.9 Å². The van der Waals surface area contributed by atoms with Crippen LogP contribution in [-0.2, 0) is 6.42 Å². The van der Waals surface area contributed by atoms with Gasteiger partial charge in [-0.05, 0) is 29.8 Å². The Kier molecular flexibility index (Phi) is 3.96. The van der Waals surface area contributed by atoms with Crippen molar-refractivity contribution < 1.29 is 4.74 Å². The van der Waals surface area contributed by atoms with E-state index in [4.69, 9.17) is 4.74 Å². The second-order valence-electron chi connectivity index (χ2n) is 4.83. The van der Waals surface area contributed by atoms with Gasteiger partial charge < -0.3 is 4.74 Å². The fourth-order valence-electron chi connectivity index (χ4n) is 2.15. The molecule has 0 aliphatic rings. The average molecular weight is 293 g/mol. The molecule has 22 heavy (non-hydrogen) atoms. The maximum Gasteiger partial charge on any atom is 0.286 e. The van der Waals surface area contributed by atoms with Crippen molar-refractivity contribution in [2.24, 2.45) is 0 Å². The van der Waals surface area contributed by atoms with Crippen molar-refractivity contribution in [3.63, 3.8) is 0 Å². The molecule has 0 bridgehead atoms. The Morgan fingerprint density at radius 3 is 2.45 bits per heavy atom. The summed E-state index contributed by atoms with van der Waals surface area (Å²) in [5.74, 6) is 1.26. The number of nitrogens with zero attached hydrogens (tertiary/aromatic N) is 2. The molecule has 5 nitrogen and oxygen atoms in total. The maximum atomic E-state index is 11.9. The van der Waals surface area contributed by atoms with E-state index in [2.05, 4.69) is 15.2 Å². The van der Waals surface area contributed by atoms with E-state index in [1.807, 2.05) is 54.6 Å². The van der Waals surface area contributed by atoms with Crippen LogP contribution < -0.4 is 10.3 Å². The molecule has 3 aromatic rings. The Labute approximate surface area is 127 Å². The minimum absolute atomic E-state index is 0.263. The first-order chi connectivity index (χ1) is 10.8. The van der Waals surface area contributed by atoms with Crippen LogP contribution >= 0.6 is 0 Å². The zero-order valence-electron chi connectivity index (χ0n) is 12.1. The number of hydrogen-bond acceptors (Lipinski definition) is 4. The van der Waals surface area contributed by atoms with Gasteiger partial charge in [-0.25, -0.2) is 10.1 Å². The molecule has 0 spiro atoms. The van der Waals surface area contributed by atoms with Gasteiger partial charge in [-0.3, -0.25) is 4.79 Å². The Morgan fingerprint density at radius 2 is 1.77 bits per heavy atom. The molecule has 0 aliphatic carbocycles. The van der Waals surface area contributed by atoms with Gasteiger partial charge in [-0.2, -0.15) is 5.10 Å². The zero-order chi connectivity index (χ0) is 15.4. The SMILES string of the molecule is COc1ccc(-c2n[nH]c(=O)c(Cc3ccccc3)n2)cc1. The van der Waals surface area contributed by atoms with Gasteiger partial charge in [0.25, 0.3) is 5.56 Å². The number of ether oxygens (including phenoxy) is 1. The lowest BCUT2D eigenvalue weighted by molar-refractivity contribution is 0.415. The number of methoxy groups -OCH3 is 1. The number of H-pyrrole nitrogens is 1. The highest BCUT2D eigenvalue weighted by Gasteiger charge is 2.08. The number of aromatic amines is 1. The van der Waals surface area contributed by atoms with Crippen LogP contribution in [0.25, 0.3) is 11.4 Å². The molecule has 5 heteroatoms. The first-order valence-corrected chi connectivity index (χ1v) is 6.90. The first-order valence-electron chi connectivity index (χ1n) is 6.90. The van der Waals surface area contributed by atoms with Crippen molar-refractivity contribution in [1.29, 1.82) is 0 Å². The number of aromatic nitrogens is 3. The van der Waals surface area contributed by atoms with E-state index in [-0.39, 0.29) is 5.56 Å². The smallest absolute Gasteiger partial charge is 0.286 e. The number of nitrogens with one attached hydrogen (secondary N) is 1. The van der Waals surface area contributed by atoms with Crippen molar-refractivity contribution in [3.05, 3.63) is 76.2 Å². The molecule has 1 N–H and O–H groups in total. The van der Waals surface area contributed by atoms with E-state index in [1.165, 1.54) is 0 Å². The van der Waals surface area contributed by atoms with E-state index in [9.17, 15) is 4.79 Å². The summed E-state index contributed by atoms with van der Waals surface area (Å²) in [6, 6.07) is 17.1. The molecule has 0 unspecified atom stereocenters. The molecule has 1 heterocycles. The van der Waals surface area contributed by atoms with Crippen molar-refractivity contribution in [1.82, 2.24) is 15.2 Å². The van der Waals surface area contributed by atoms with Crippen LogP contribution in [0.5, 0.6) is 5.75 Å². The summed E-state index contributed by atoms with van der Waals surface area (Å²) < 4.78 is 5.13. The number of hydrogen-bond donors (Lipinski definition) is 1. The molecular formula is C17H15N3O2. The molecule has 0 fully saturated rings. The van der Waals surface area contributed by atoms with Crippen molar-refractivity contribution >= 4 is 0 Å². The maximum absolute atomic E-state index is 11.9. The summed E-state index contributed by atoms with van der Waals surface area (Å²) in [6.45, 7) is 0. The van der Waals surface area contributed by atoms with Crippen molar-refractivity contribution in [2.75, 3.05) is 7.11 Å². The van der Waals surface area contributed by atoms with Crippen LogP contribution in [0.3, 0.4) is 0 Å². The highest BCUT2D eigenvalue weighted by molar-refractivity contribution is 5.55. The molecule has 0 saturated carbocycles. The fourth-order valence-corrected chi connectivity index (χ4v) is 2.15. The fraction of sp³-hybridized carbons (Fsp3) is 0.118. The molecule has 0 saturated heterocycles. The van der Waals surface area contributed by atoms with E-state index >= 15 is 0 Å². The molecule has 0 radical (unpaired) electrons. The van der Waals surface area contributed by atoms with Gasteiger partial charge >= 0.3 is 0 Å². The third kappa shape index (κ3) is 3.03. The van der Waals surface area contributed by atoms with Crippen LogP contribution in [0.1, 0.15) is 11.3 Å². The van der Waals surface area contributed by atoms with Crippen LogP contribution in [0.15, 0.2) is 59.4 Å². The predicted octanol–water partition coefficient (Wildman–Crippen LogP) is 2.43. The Bertz CT molecular complexity index is 811. The van der Waals surface area contributed by atoms with Crippen LogP contribution in [0, 0.1) is 0 Å². The normalized spacial score (nSPS) is 10.4. The summed E-state index contributed by atoms with van der Waals surface area (Å²) in [5.41, 5.74) is 2.05. The van der Waals surface area contributed by atoms with Gasteiger partial charge in [0.05, 0.1) is 7.11 Å². The lowest BCUT2D eigenvalue weighted by Gasteiger charge is -2.04. The number of rotatable bonds is 4. The second kappa shape index (κ2) is 6.22. The number of benzene rings is 2. The summed E-state index contributed by atoms with van der Waals surface area (Å²) in [7, 11) is 1.61. The van der Waals surface area contributed by atoms with Crippen LogP contribution in [0.4, 0.5) is 0 Å². The molecule has 1 aromatic heterocycles. The lowest BCUT2D eigenvalue weighted by Crippen LogP contribution is -2.18.